The van der Waals surface area contributed by atoms with Gasteiger partial charge in [-0.2, -0.15) is 0 Å². The highest BCUT2D eigenvalue weighted by Gasteiger charge is 2.01. The van der Waals surface area contributed by atoms with E-state index in [-0.39, 0.29) is 0 Å². The second kappa shape index (κ2) is 2.45. The van der Waals surface area contributed by atoms with Gasteiger partial charge in [-0.25, -0.2) is 0 Å². The summed E-state index contributed by atoms with van der Waals surface area (Å²) in [6, 6.07) is 3.89. The third-order valence-electron chi connectivity index (χ3n) is 2.10. The lowest BCUT2D eigenvalue weighted by molar-refractivity contribution is 0.614. The summed E-state index contributed by atoms with van der Waals surface area (Å²) in [5.74, 6) is 0. The molecular weight excluding hydrogens is 170 g/mol. The summed E-state index contributed by atoms with van der Waals surface area (Å²) >= 11 is 5.24. The summed E-state index contributed by atoms with van der Waals surface area (Å²) in [5.41, 5.74) is 1.98. The van der Waals surface area contributed by atoms with Crippen LogP contribution in [0.3, 0.4) is 0 Å². The van der Waals surface area contributed by atoms with Gasteiger partial charge in [0.1, 0.15) is 10.2 Å². The molecule has 62 valence electrons. The molecule has 0 saturated heterocycles. The Labute approximate surface area is 75.4 Å². The third-order valence-corrected chi connectivity index (χ3v) is 2.59. The van der Waals surface area contributed by atoms with Crippen LogP contribution < -0.4 is 0 Å². The molecule has 2 aromatic rings. The van der Waals surface area contributed by atoms with Crippen LogP contribution in [0.5, 0.6) is 0 Å². The lowest BCUT2D eigenvalue weighted by atomic mass is 10.3. The van der Waals surface area contributed by atoms with Crippen molar-refractivity contribution in [2.45, 2.75) is 6.92 Å². The van der Waals surface area contributed by atoms with Gasteiger partial charge in [-0.3, -0.25) is 0 Å². The maximum atomic E-state index is 5.25. The molecule has 0 aliphatic rings. The Balaban J connectivity index is 3.05. The van der Waals surface area contributed by atoms with Gasteiger partial charge in [-0.15, -0.1) is 0 Å². The Morgan fingerprint density at radius 3 is 3.00 bits per heavy atom. The van der Waals surface area contributed by atoms with Crippen LogP contribution in [-0.4, -0.2) is 4.57 Å². The number of hydrogen-bond acceptors (Lipinski definition) is 2. The van der Waals surface area contributed by atoms with Gasteiger partial charge < -0.3 is 8.98 Å². The van der Waals surface area contributed by atoms with Gasteiger partial charge in [0.15, 0.2) is 0 Å². The van der Waals surface area contributed by atoms with E-state index in [9.17, 15) is 0 Å². The second-order valence-corrected chi connectivity index (χ2v) is 3.24. The van der Waals surface area contributed by atoms with E-state index in [2.05, 4.69) is 0 Å². The van der Waals surface area contributed by atoms with E-state index in [0.717, 1.165) is 21.3 Å². The molecular formula is C9H9NOS. The molecule has 2 rings (SSSR count). The minimum Gasteiger partial charge on any atom is -0.464 e. The van der Waals surface area contributed by atoms with Gasteiger partial charge >= 0.3 is 0 Å². The van der Waals surface area contributed by atoms with E-state index >= 15 is 0 Å². The molecule has 2 heterocycles. The molecule has 0 unspecified atom stereocenters. The lowest BCUT2D eigenvalue weighted by Gasteiger charge is -2.03. The Hall–Kier alpha value is -1.09. The topological polar surface area (TPSA) is 18.1 Å². The van der Waals surface area contributed by atoms with E-state index in [4.69, 9.17) is 16.6 Å². The van der Waals surface area contributed by atoms with Crippen molar-refractivity contribution in [2.24, 2.45) is 7.05 Å². The minimum atomic E-state index is 0.832. The van der Waals surface area contributed by atoms with E-state index in [1.54, 1.807) is 6.26 Å². The maximum absolute atomic E-state index is 5.25. The molecule has 2 nitrogen and oxygen atoms in total. The lowest BCUT2D eigenvalue weighted by Crippen LogP contribution is -1.96. The van der Waals surface area contributed by atoms with Crippen LogP contribution in [0.4, 0.5) is 0 Å². The fraction of sp³-hybridized carbons (Fsp3) is 0.222. The number of aromatic nitrogens is 1. The zero-order valence-electron chi connectivity index (χ0n) is 7.00. The van der Waals surface area contributed by atoms with E-state index < -0.39 is 0 Å². The van der Waals surface area contributed by atoms with Crippen LogP contribution in [0, 0.1) is 11.6 Å². The molecule has 0 aliphatic carbocycles. The van der Waals surface area contributed by atoms with Crippen molar-refractivity contribution in [3.05, 3.63) is 28.7 Å². The molecule has 0 radical (unpaired) electrons. The molecule has 0 fully saturated rings. The summed E-state index contributed by atoms with van der Waals surface area (Å²) < 4.78 is 8.07. The first-order chi connectivity index (χ1) is 5.70. The van der Waals surface area contributed by atoms with Gasteiger partial charge in [0.05, 0.1) is 11.6 Å². The first-order valence-electron chi connectivity index (χ1n) is 3.74. The number of hydrogen-bond donors (Lipinski definition) is 0. The first-order valence-corrected chi connectivity index (χ1v) is 4.15. The van der Waals surface area contributed by atoms with Crippen LogP contribution in [-0.2, 0) is 7.05 Å². The molecule has 0 amide bonds. The normalized spacial score (nSPS) is 10.8. The first kappa shape index (κ1) is 7.55. The summed E-state index contributed by atoms with van der Waals surface area (Å²) in [4.78, 5) is 0. The number of nitrogens with zero attached hydrogens (tertiary/aromatic N) is 1. The predicted octanol–water partition coefficient (Wildman–Crippen LogP) is 2.81. The average molecular weight is 179 g/mol. The highest BCUT2D eigenvalue weighted by molar-refractivity contribution is 7.71. The Morgan fingerprint density at radius 1 is 1.50 bits per heavy atom. The highest BCUT2D eigenvalue weighted by Crippen LogP contribution is 2.17. The molecule has 0 atom stereocenters. The molecule has 0 saturated carbocycles. The van der Waals surface area contributed by atoms with Crippen molar-refractivity contribution in [1.29, 1.82) is 0 Å². The van der Waals surface area contributed by atoms with Gasteiger partial charge in [0.2, 0.25) is 0 Å². The summed E-state index contributed by atoms with van der Waals surface area (Å²) in [6.45, 7) is 2.01. The van der Waals surface area contributed by atoms with Crippen molar-refractivity contribution in [3.8, 4) is 0 Å². The standard InChI is InChI=1S/C9H9NOS/c1-6-5-8-7(3-4-11-8)9(12)10(6)2/h3-5H,1-2H3. The van der Waals surface area contributed by atoms with Crippen LogP contribution in [0.2, 0.25) is 0 Å². The zero-order valence-corrected chi connectivity index (χ0v) is 7.81. The van der Waals surface area contributed by atoms with Crippen LogP contribution in [0.25, 0.3) is 11.0 Å². The van der Waals surface area contributed by atoms with Gasteiger partial charge in [-0.05, 0) is 13.0 Å². The summed E-state index contributed by atoms with van der Waals surface area (Å²) in [7, 11) is 1.96. The molecule has 0 N–H and O–H groups in total. The third kappa shape index (κ3) is 0.898. The van der Waals surface area contributed by atoms with E-state index in [1.165, 1.54) is 0 Å². The molecule has 0 spiro atoms. The van der Waals surface area contributed by atoms with Gasteiger partial charge in [0, 0.05) is 18.8 Å². The number of furan rings is 1. The van der Waals surface area contributed by atoms with Crippen molar-refractivity contribution >= 4 is 23.2 Å². The zero-order chi connectivity index (χ0) is 8.72. The van der Waals surface area contributed by atoms with Crippen molar-refractivity contribution in [1.82, 2.24) is 4.57 Å². The van der Waals surface area contributed by atoms with E-state index in [1.807, 2.05) is 30.7 Å². The predicted molar refractivity (Wildman–Crippen MR) is 50.8 cm³/mol. The Bertz CT molecular complexity index is 481. The second-order valence-electron chi connectivity index (χ2n) is 2.85. The summed E-state index contributed by atoms with van der Waals surface area (Å²) in [6.07, 6.45) is 1.67. The Kier molecular flexibility index (Phi) is 1.54. The highest BCUT2D eigenvalue weighted by atomic mass is 32.1. The number of aryl methyl sites for hydroxylation is 1. The van der Waals surface area contributed by atoms with Crippen LogP contribution >= 0.6 is 12.2 Å². The quantitative estimate of drug-likeness (QED) is 0.579. The minimum absolute atomic E-state index is 0.832. The molecule has 0 aromatic carbocycles. The number of rotatable bonds is 0. The van der Waals surface area contributed by atoms with Crippen LogP contribution in [0.15, 0.2) is 22.8 Å². The fourth-order valence-electron chi connectivity index (χ4n) is 1.24. The Morgan fingerprint density at radius 2 is 2.25 bits per heavy atom. The average Bonchev–Trinajstić information content (AvgIpc) is 2.48. The fourth-order valence-corrected chi connectivity index (χ4v) is 1.55. The molecule has 0 aliphatic heterocycles. The molecule has 12 heavy (non-hydrogen) atoms. The van der Waals surface area contributed by atoms with Crippen molar-refractivity contribution < 1.29 is 4.42 Å². The SMILES string of the molecule is Cc1cc2occc2c(=S)n1C. The van der Waals surface area contributed by atoms with Gasteiger partial charge in [-0.1, -0.05) is 12.2 Å². The smallest absolute Gasteiger partial charge is 0.138 e. The van der Waals surface area contributed by atoms with Crippen molar-refractivity contribution in [2.75, 3.05) is 0 Å². The van der Waals surface area contributed by atoms with E-state index in [0.29, 0.717) is 0 Å². The number of pyridine rings is 1. The van der Waals surface area contributed by atoms with Gasteiger partial charge in [0.25, 0.3) is 0 Å². The number of fused-ring (bicyclic) bond motifs is 1. The maximum Gasteiger partial charge on any atom is 0.138 e. The van der Waals surface area contributed by atoms with Crippen molar-refractivity contribution in [3.63, 3.8) is 0 Å². The van der Waals surface area contributed by atoms with Crippen LogP contribution in [0.1, 0.15) is 5.69 Å². The molecule has 0 bridgehead atoms. The molecule has 2 aromatic heterocycles. The molecule has 3 heteroatoms. The summed E-state index contributed by atoms with van der Waals surface area (Å²) in [5, 5.41) is 1.01. The monoisotopic (exact) mass is 179 g/mol. The largest absolute Gasteiger partial charge is 0.464 e.